The second-order valence-corrected chi connectivity index (χ2v) is 14.8. The van der Waals surface area contributed by atoms with Crippen LogP contribution >= 0.6 is 0 Å². The van der Waals surface area contributed by atoms with E-state index in [0.29, 0.717) is 25.2 Å². The summed E-state index contributed by atoms with van der Waals surface area (Å²) in [6.45, 7) is 3.92. The number of nitriles is 1. The van der Waals surface area contributed by atoms with Crippen LogP contribution in [-0.2, 0) is 25.9 Å². The Labute approximate surface area is 279 Å². The molecule has 0 unspecified atom stereocenters. The van der Waals surface area contributed by atoms with Crippen molar-refractivity contribution in [3.8, 4) is 17.7 Å². The molecule has 16 heteroatoms. The molecule has 2 fully saturated rings. The van der Waals surface area contributed by atoms with Gasteiger partial charge in [-0.1, -0.05) is 44.2 Å². The first-order valence-corrected chi connectivity index (χ1v) is 17.1. The van der Waals surface area contributed by atoms with Gasteiger partial charge in [-0.05, 0) is 42.4 Å². The lowest BCUT2D eigenvalue weighted by Crippen LogP contribution is -2.58. The SMILES string of the molecule is CC(C)(CCN=C(N)NC#N)CN(C[C@@H](O)[C@H](Cc1ccccc1)N(C(=O)O)[C@H]1CO[C@H]2OCC[C@H]21)S(=O)(=O)c1ccc2c(c1)OCO2. The molecule has 0 saturated carbocycles. The molecule has 260 valence electrons. The van der Waals surface area contributed by atoms with E-state index in [2.05, 4.69) is 10.3 Å². The molecule has 3 heterocycles. The number of carbonyl (C=O) groups is 1. The summed E-state index contributed by atoms with van der Waals surface area (Å²) in [6, 6.07) is 11.8. The van der Waals surface area contributed by atoms with Crippen LogP contribution in [0.1, 0.15) is 32.3 Å². The lowest BCUT2D eigenvalue weighted by Gasteiger charge is -2.40. The fourth-order valence-corrected chi connectivity index (χ4v) is 8.09. The highest BCUT2D eigenvalue weighted by atomic mass is 32.2. The maximum Gasteiger partial charge on any atom is 0.407 e. The number of aliphatic imine (C=N–C) groups is 1. The number of aliphatic hydroxyl groups is 1. The van der Waals surface area contributed by atoms with E-state index in [0.717, 1.165) is 5.56 Å². The van der Waals surface area contributed by atoms with Crippen LogP contribution in [0.5, 0.6) is 11.5 Å². The largest absolute Gasteiger partial charge is 0.465 e. The van der Waals surface area contributed by atoms with Gasteiger partial charge in [-0.25, -0.2) is 13.2 Å². The Bertz CT molecular complexity index is 1620. The molecule has 0 aromatic heterocycles. The summed E-state index contributed by atoms with van der Waals surface area (Å²) in [5, 5.41) is 33.7. The zero-order valence-corrected chi connectivity index (χ0v) is 27.7. The zero-order valence-electron chi connectivity index (χ0n) is 26.9. The molecule has 5 N–H and O–H groups in total. The third-order valence-corrected chi connectivity index (χ3v) is 10.7. The van der Waals surface area contributed by atoms with Crippen LogP contribution in [0.2, 0.25) is 0 Å². The number of hydrogen-bond donors (Lipinski definition) is 4. The van der Waals surface area contributed by atoms with E-state index in [1.165, 1.54) is 27.4 Å². The smallest absolute Gasteiger partial charge is 0.407 e. The van der Waals surface area contributed by atoms with Crippen LogP contribution in [0.25, 0.3) is 0 Å². The van der Waals surface area contributed by atoms with Gasteiger partial charge in [0.15, 0.2) is 24.0 Å². The highest BCUT2D eigenvalue weighted by molar-refractivity contribution is 7.89. The van der Waals surface area contributed by atoms with Crippen molar-refractivity contribution >= 4 is 22.1 Å². The number of rotatable bonds is 14. The van der Waals surface area contributed by atoms with Crippen LogP contribution in [0.3, 0.4) is 0 Å². The summed E-state index contributed by atoms with van der Waals surface area (Å²) in [6.07, 6.45) is -0.421. The lowest BCUT2D eigenvalue weighted by atomic mass is 9.89. The van der Waals surface area contributed by atoms with Crippen molar-refractivity contribution in [2.24, 2.45) is 22.1 Å². The molecule has 0 spiro atoms. The average Bonchev–Trinajstić information content (AvgIpc) is 3.79. The maximum atomic E-state index is 14.4. The normalized spacial score (nSPS) is 21.8. The standard InChI is InChI=1S/C32H42N6O9S/c1-32(2,11-12-35-30(34)36-19-33)18-37(48(42,43)22-8-9-27-28(15-22)47-20-46-27)16-26(39)24(14-21-6-4-3-5-7-21)38(31(40)41)25-17-45-29-23(25)10-13-44-29/h3-9,15,23-26,29,39H,10-14,16-18,20H2,1-2H3,(H,40,41)(H3,34,35,36)/t23-,24-,25-,26+,29+/m0/s1. The summed E-state index contributed by atoms with van der Waals surface area (Å²) in [4.78, 5) is 18.3. The topological polar surface area (TPSA) is 209 Å². The molecule has 5 rings (SSSR count). The van der Waals surface area contributed by atoms with Crippen LogP contribution in [0.15, 0.2) is 58.4 Å². The van der Waals surface area contributed by atoms with Crippen molar-refractivity contribution in [3.63, 3.8) is 0 Å². The average molecular weight is 687 g/mol. The van der Waals surface area contributed by atoms with Crippen molar-refractivity contribution in [1.82, 2.24) is 14.5 Å². The van der Waals surface area contributed by atoms with Crippen molar-refractivity contribution in [1.29, 1.82) is 5.26 Å². The molecule has 2 aromatic carbocycles. The fraction of sp³-hybridized carbons (Fsp3) is 0.531. The van der Waals surface area contributed by atoms with Crippen molar-refractivity contribution in [3.05, 3.63) is 54.1 Å². The van der Waals surface area contributed by atoms with E-state index in [4.69, 9.17) is 29.9 Å². The van der Waals surface area contributed by atoms with Gasteiger partial charge in [0.2, 0.25) is 22.8 Å². The fourth-order valence-electron chi connectivity index (χ4n) is 6.43. The molecule has 1 amide bonds. The van der Waals surface area contributed by atoms with Gasteiger partial charge in [-0.2, -0.15) is 9.57 Å². The van der Waals surface area contributed by atoms with E-state index < -0.39 is 52.6 Å². The number of sulfonamides is 1. The van der Waals surface area contributed by atoms with Gasteiger partial charge >= 0.3 is 6.09 Å². The van der Waals surface area contributed by atoms with Gasteiger partial charge < -0.3 is 34.9 Å². The molecule has 15 nitrogen and oxygen atoms in total. The number of carboxylic acid groups (broad SMARTS) is 1. The third kappa shape index (κ3) is 8.10. The first kappa shape index (κ1) is 35.2. The minimum Gasteiger partial charge on any atom is -0.465 e. The summed E-state index contributed by atoms with van der Waals surface area (Å²) in [5.74, 6) is 0.411. The summed E-state index contributed by atoms with van der Waals surface area (Å²) in [7, 11) is -4.28. The van der Waals surface area contributed by atoms with Gasteiger partial charge in [0.25, 0.3) is 0 Å². The molecular formula is C32H42N6O9S. The molecule has 0 aliphatic carbocycles. The number of nitrogens with zero attached hydrogens (tertiary/aromatic N) is 4. The van der Waals surface area contributed by atoms with Gasteiger partial charge in [-0.3, -0.25) is 15.2 Å². The van der Waals surface area contributed by atoms with Crippen LogP contribution in [-0.4, -0.2) is 104 Å². The Morgan fingerprint density at radius 2 is 1.94 bits per heavy atom. The van der Waals surface area contributed by atoms with Crippen LogP contribution in [0.4, 0.5) is 4.79 Å². The Hall–Kier alpha value is -4.14. The van der Waals surface area contributed by atoms with Crippen molar-refractivity contribution in [2.45, 2.75) is 62.5 Å². The van der Waals surface area contributed by atoms with E-state index in [-0.39, 0.29) is 55.4 Å². The van der Waals surface area contributed by atoms with E-state index in [9.17, 15) is 23.4 Å². The van der Waals surface area contributed by atoms with Gasteiger partial charge in [0.05, 0.1) is 36.3 Å². The van der Waals surface area contributed by atoms with E-state index in [1.807, 2.05) is 44.2 Å². The second kappa shape index (κ2) is 15.0. The number of amides is 1. The minimum atomic E-state index is -4.28. The predicted molar refractivity (Wildman–Crippen MR) is 172 cm³/mol. The van der Waals surface area contributed by atoms with Gasteiger partial charge in [0, 0.05) is 31.6 Å². The molecule has 2 aromatic rings. The maximum absolute atomic E-state index is 14.4. The number of benzene rings is 2. The minimum absolute atomic E-state index is 0.0391. The number of nitrogens with one attached hydrogen (secondary N) is 1. The molecule has 48 heavy (non-hydrogen) atoms. The molecule has 5 atom stereocenters. The first-order valence-electron chi connectivity index (χ1n) is 15.7. The van der Waals surface area contributed by atoms with Crippen molar-refractivity contribution < 1.29 is 42.4 Å². The highest BCUT2D eigenvalue weighted by Crippen LogP contribution is 2.38. The van der Waals surface area contributed by atoms with Crippen LogP contribution in [0, 0.1) is 22.8 Å². The summed E-state index contributed by atoms with van der Waals surface area (Å²) >= 11 is 0. The van der Waals surface area contributed by atoms with Crippen LogP contribution < -0.4 is 20.5 Å². The summed E-state index contributed by atoms with van der Waals surface area (Å²) < 4.78 is 52.2. The van der Waals surface area contributed by atoms with Gasteiger partial charge in [0.1, 0.15) is 0 Å². The quantitative estimate of drug-likeness (QED) is 0.0973. The van der Waals surface area contributed by atoms with Crippen molar-refractivity contribution in [2.75, 3.05) is 39.6 Å². The lowest BCUT2D eigenvalue weighted by molar-refractivity contribution is -0.0906. The third-order valence-electron chi connectivity index (χ3n) is 8.91. The second-order valence-electron chi connectivity index (χ2n) is 12.8. The Kier molecular flexibility index (Phi) is 11.0. The molecule has 2 saturated heterocycles. The Morgan fingerprint density at radius 3 is 2.67 bits per heavy atom. The Morgan fingerprint density at radius 1 is 1.19 bits per heavy atom. The molecule has 0 bridgehead atoms. The number of aliphatic hydroxyl groups excluding tert-OH is 1. The zero-order chi connectivity index (χ0) is 34.5. The number of hydrogen-bond acceptors (Lipinski definition) is 10. The first-order chi connectivity index (χ1) is 22.9. The molecule has 3 aliphatic rings. The number of guanidine groups is 1. The monoisotopic (exact) mass is 686 g/mol. The number of fused-ring (bicyclic) bond motifs is 2. The molecule has 3 aliphatic heterocycles. The Balaban J connectivity index is 1.48. The summed E-state index contributed by atoms with van der Waals surface area (Å²) in [5.41, 5.74) is 5.77. The molecular weight excluding hydrogens is 644 g/mol. The van der Waals surface area contributed by atoms with E-state index in [1.54, 1.807) is 6.19 Å². The predicted octanol–water partition coefficient (Wildman–Crippen LogP) is 1.92. The highest BCUT2D eigenvalue weighted by Gasteiger charge is 2.49. The number of nitrogens with two attached hydrogens (primary N) is 1. The molecule has 0 radical (unpaired) electrons. The van der Waals surface area contributed by atoms with Gasteiger partial charge in [-0.15, -0.1) is 0 Å². The van der Waals surface area contributed by atoms with E-state index >= 15 is 0 Å². The number of ether oxygens (including phenoxy) is 4.